The van der Waals surface area contributed by atoms with Crippen molar-refractivity contribution in [2.75, 3.05) is 26.7 Å². The third-order valence-corrected chi connectivity index (χ3v) is 3.06. The van der Waals surface area contributed by atoms with Crippen LogP contribution in [0.15, 0.2) is 0 Å². The fourth-order valence-electron chi connectivity index (χ4n) is 1.85. The van der Waals surface area contributed by atoms with E-state index in [4.69, 9.17) is 0 Å². The minimum Gasteiger partial charge on any atom is -0.316 e. The quantitative estimate of drug-likeness (QED) is 0.625. The zero-order chi connectivity index (χ0) is 11.8. The summed E-state index contributed by atoms with van der Waals surface area (Å²) in [7, 11) is 2.24. The molecule has 0 aromatic heterocycles. The molecule has 0 amide bonds. The van der Waals surface area contributed by atoms with E-state index in [2.05, 4.69) is 51.9 Å². The van der Waals surface area contributed by atoms with Gasteiger partial charge in [0.15, 0.2) is 0 Å². The van der Waals surface area contributed by atoms with Crippen LogP contribution in [0.2, 0.25) is 0 Å². The summed E-state index contributed by atoms with van der Waals surface area (Å²) < 4.78 is 0. The lowest BCUT2D eigenvalue weighted by molar-refractivity contribution is 0.178. The van der Waals surface area contributed by atoms with Crippen molar-refractivity contribution in [3.8, 4) is 0 Å². The van der Waals surface area contributed by atoms with Crippen LogP contribution in [0.4, 0.5) is 0 Å². The van der Waals surface area contributed by atoms with Crippen molar-refractivity contribution in [2.45, 2.75) is 47.1 Å². The Hall–Kier alpha value is -0.0800. The van der Waals surface area contributed by atoms with Crippen LogP contribution in [0, 0.1) is 11.8 Å². The monoisotopic (exact) mass is 214 g/mol. The van der Waals surface area contributed by atoms with Crippen molar-refractivity contribution in [3.05, 3.63) is 0 Å². The van der Waals surface area contributed by atoms with Crippen LogP contribution < -0.4 is 5.32 Å². The van der Waals surface area contributed by atoms with Crippen molar-refractivity contribution in [1.82, 2.24) is 10.2 Å². The molecule has 0 spiro atoms. The molecule has 2 atom stereocenters. The first-order valence-corrected chi connectivity index (χ1v) is 6.40. The van der Waals surface area contributed by atoms with E-state index in [1.165, 1.54) is 13.0 Å². The Kier molecular flexibility index (Phi) is 8.07. The van der Waals surface area contributed by atoms with Crippen LogP contribution in [0.3, 0.4) is 0 Å². The van der Waals surface area contributed by atoms with Gasteiger partial charge < -0.3 is 10.2 Å². The SMILES string of the molecule is CCCNCC(C)C(C)N(C)CC(C)C. The maximum absolute atomic E-state index is 3.50. The van der Waals surface area contributed by atoms with E-state index in [1.54, 1.807) is 0 Å². The molecule has 0 aromatic rings. The molecule has 0 heterocycles. The zero-order valence-corrected chi connectivity index (χ0v) is 11.5. The largest absolute Gasteiger partial charge is 0.316 e. The normalized spacial score (nSPS) is 16.0. The molecule has 0 rings (SSSR count). The summed E-state index contributed by atoms with van der Waals surface area (Å²) >= 11 is 0. The van der Waals surface area contributed by atoms with Gasteiger partial charge in [0, 0.05) is 12.6 Å². The van der Waals surface area contributed by atoms with Gasteiger partial charge in [0.1, 0.15) is 0 Å². The molecule has 1 N–H and O–H groups in total. The summed E-state index contributed by atoms with van der Waals surface area (Å²) in [6, 6.07) is 0.664. The first-order chi connectivity index (χ1) is 6.99. The molecule has 0 saturated heterocycles. The van der Waals surface area contributed by atoms with E-state index in [1.807, 2.05) is 0 Å². The van der Waals surface area contributed by atoms with E-state index in [9.17, 15) is 0 Å². The van der Waals surface area contributed by atoms with E-state index in [0.717, 1.165) is 24.9 Å². The third kappa shape index (κ3) is 6.91. The van der Waals surface area contributed by atoms with Crippen LogP contribution in [-0.2, 0) is 0 Å². The molecule has 0 aromatic carbocycles. The second-order valence-electron chi connectivity index (χ2n) is 5.26. The highest BCUT2D eigenvalue weighted by molar-refractivity contribution is 4.72. The van der Waals surface area contributed by atoms with Crippen molar-refractivity contribution in [3.63, 3.8) is 0 Å². The summed E-state index contributed by atoms with van der Waals surface area (Å²) in [6.45, 7) is 14.9. The van der Waals surface area contributed by atoms with Gasteiger partial charge in [-0.25, -0.2) is 0 Å². The highest BCUT2D eigenvalue weighted by Gasteiger charge is 2.16. The molecule has 2 nitrogen and oxygen atoms in total. The zero-order valence-electron chi connectivity index (χ0n) is 11.5. The van der Waals surface area contributed by atoms with Crippen LogP contribution in [0.5, 0.6) is 0 Å². The highest BCUT2D eigenvalue weighted by Crippen LogP contribution is 2.10. The topological polar surface area (TPSA) is 15.3 Å². The van der Waals surface area contributed by atoms with E-state index in [0.29, 0.717) is 6.04 Å². The van der Waals surface area contributed by atoms with Gasteiger partial charge in [-0.3, -0.25) is 0 Å². The highest BCUT2D eigenvalue weighted by atomic mass is 15.1. The Morgan fingerprint density at radius 3 is 2.20 bits per heavy atom. The summed E-state index contributed by atoms with van der Waals surface area (Å²) in [5.41, 5.74) is 0. The fraction of sp³-hybridized carbons (Fsp3) is 1.00. The van der Waals surface area contributed by atoms with Crippen molar-refractivity contribution >= 4 is 0 Å². The van der Waals surface area contributed by atoms with Crippen molar-refractivity contribution < 1.29 is 0 Å². The average molecular weight is 214 g/mol. The molecule has 0 aliphatic carbocycles. The maximum atomic E-state index is 3.50. The molecule has 0 saturated carbocycles. The second kappa shape index (κ2) is 8.12. The number of hydrogen-bond donors (Lipinski definition) is 1. The van der Waals surface area contributed by atoms with Crippen LogP contribution in [0.25, 0.3) is 0 Å². The molecule has 0 bridgehead atoms. The van der Waals surface area contributed by atoms with Crippen molar-refractivity contribution in [2.24, 2.45) is 11.8 Å². The second-order valence-corrected chi connectivity index (χ2v) is 5.26. The minimum atomic E-state index is 0.664. The van der Waals surface area contributed by atoms with E-state index >= 15 is 0 Å². The standard InChI is InChI=1S/C13H30N2/c1-7-8-14-9-12(4)13(5)15(6)10-11(2)3/h11-14H,7-10H2,1-6H3. The lowest BCUT2D eigenvalue weighted by Gasteiger charge is -2.31. The molecule has 0 fully saturated rings. The molecule has 0 radical (unpaired) electrons. The number of hydrogen-bond acceptors (Lipinski definition) is 2. The van der Waals surface area contributed by atoms with Crippen molar-refractivity contribution in [1.29, 1.82) is 0 Å². The molecule has 0 aliphatic heterocycles. The number of rotatable bonds is 8. The Morgan fingerprint density at radius 2 is 1.73 bits per heavy atom. The summed E-state index contributed by atoms with van der Waals surface area (Å²) in [6.07, 6.45) is 1.23. The molecule has 15 heavy (non-hydrogen) atoms. The molecular formula is C13H30N2. The predicted molar refractivity (Wildman–Crippen MR) is 69.3 cm³/mol. The lowest BCUT2D eigenvalue weighted by Crippen LogP contribution is -2.40. The Bertz CT molecular complexity index is 145. The molecular weight excluding hydrogens is 184 g/mol. The van der Waals surface area contributed by atoms with Gasteiger partial charge >= 0.3 is 0 Å². The van der Waals surface area contributed by atoms with Gasteiger partial charge in [-0.1, -0.05) is 27.7 Å². The van der Waals surface area contributed by atoms with Crippen LogP contribution in [0.1, 0.15) is 41.0 Å². The smallest absolute Gasteiger partial charge is 0.0102 e. The molecule has 2 heteroatoms. The summed E-state index contributed by atoms with van der Waals surface area (Å²) in [5, 5.41) is 3.50. The fourth-order valence-corrected chi connectivity index (χ4v) is 1.85. The Labute approximate surface area is 96.4 Å². The van der Waals surface area contributed by atoms with Gasteiger partial charge in [0.05, 0.1) is 0 Å². The summed E-state index contributed by atoms with van der Waals surface area (Å²) in [5.74, 6) is 1.48. The first kappa shape index (κ1) is 14.9. The maximum Gasteiger partial charge on any atom is 0.0102 e. The van der Waals surface area contributed by atoms with Gasteiger partial charge in [-0.15, -0.1) is 0 Å². The minimum absolute atomic E-state index is 0.664. The third-order valence-electron chi connectivity index (χ3n) is 3.06. The average Bonchev–Trinajstić information content (AvgIpc) is 2.15. The number of nitrogens with one attached hydrogen (secondary N) is 1. The van der Waals surface area contributed by atoms with E-state index in [-0.39, 0.29) is 0 Å². The lowest BCUT2D eigenvalue weighted by atomic mass is 10.0. The van der Waals surface area contributed by atoms with Gasteiger partial charge in [-0.2, -0.15) is 0 Å². The summed E-state index contributed by atoms with van der Waals surface area (Å²) in [4.78, 5) is 2.48. The molecule has 92 valence electrons. The van der Waals surface area contributed by atoms with Gasteiger partial charge in [-0.05, 0) is 45.3 Å². The van der Waals surface area contributed by atoms with E-state index < -0.39 is 0 Å². The predicted octanol–water partition coefficient (Wildman–Crippen LogP) is 2.60. The Morgan fingerprint density at radius 1 is 1.13 bits per heavy atom. The van der Waals surface area contributed by atoms with Gasteiger partial charge in [0.25, 0.3) is 0 Å². The van der Waals surface area contributed by atoms with Gasteiger partial charge in [0.2, 0.25) is 0 Å². The molecule has 0 aliphatic rings. The first-order valence-electron chi connectivity index (χ1n) is 6.40. The Balaban J connectivity index is 3.79. The van der Waals surface area contributed by atoms with Crippen LogP contribution >= 0.6 is 0 Å². The molecule has 2 unspecified atom stereocenters. The number of nitrogens with zero attached hydrogens (tertiary/aromatic N) is 1. The van der Waals surface area contributed by atoms with Crippen LogP contribution in [-0.4, -0.2) is 37.6 Å².